The molecule has 0 aliphatic carbocycles. The number of nitrogens with zero attached hydrogens (tertiary/aromatic N) is 2. The second kappa shape index (κ2) is 4.69. The monoisotopic (exact) mass is 282 g/mol. The van der Waals surface area contributed by atoms with Gasteiger partial charge in [0.05, 0.1) is 16.0 Å². The molecule has 0 atom stereocenters. The summed E-state index contributed by atoms with van der Waals surface area (Å²) in [5.74, 6) is 0.186. The number of rotatable bonds is 4. The molecule has 1 heterocycles. The molecule has 0 unspecified atom stereocenters. The summed E-state index contributed by atoms with van der Waals surface area (Å²) in [6, 6.07) is 5.32. The van der Waals surface area contributed by atoms with Crippen molar-refractivity contribution < 1.29 is 13.3 Å². The Morgan fingerprint density at radius 3 is 2.68 bits per heavy atom. The van der Waals surface area contributed by atoms with Crippen LogP contribution in [-0.4, -0.2) is 23.5 Å². The van der Waals surface area contributed by atoms with Crippen LogP contribution in [0.25, 0.3) is 0 Å². The standard InChI is InChI=1S/C10H10N4O4S/c1-7-8(14(15)16)3-2-4-9(7)19(17,18)13-10-5-6-11-12-10/h2-6H,1H3,(H2,11,12,13). The first kappa shape index (κ1) is 13.0. The highest BCUT2D eigenvalue weighted by Crippen LogP contribution is 2.25. The van der Waals surface area contributed by atoms with Crippen molar-refractivity contribution in [3.63, 3.8) is 0 Å². The minimum Gasteiger partial charge on any atom is -0.264 e. The number of nitro groups is 1. The molecule has 0 saturated carbocycles. The van der Waals surface area contributed by atoms with Crippen molar-refractivity contribution in [2.45, 2.75) is 11.8 Å². The predicted molar refractivity (Wildman–Crippen MR) is 67.2 cm³/mol. The van der Waals surface area contributed by atoms with Crippen molar-refractivity contribution in [3.05, 3.63) is 46.1 Å². The topological polar surface area (TPSA) is 118 Å². The zero-order valence-corrected chi connectivity index (χ0v) is 10.6. The molecule has 0 bridgehead atoms. The van der Waals surface area contributed by atoms with Gasteiger partial charge >= 0.3 is 0 Å². The van der Waals surface area contributed by atoms with Crippen molar-refractivity contribution in [2.24, 2.45) is 0 Å². The fraction of sp³-hybridized carbons (Fsp3) is 0.100. The maximum Gasteiger partial charge on any atom is 0.273 e. The third-order valence-electron chi connectivity index (χ3n) is 2.49. The minimum atomic E-state index is -3.90. The van der Waals surface area contributed by atoms with Crippen LogP contribution < -0.4 is 4.72 Å². The molecule has 0 aliphatic heterocycles. The Morgan fingerprint density at radius 1 is 1.37 bits per heavy atom. The van der Waals surface area contributed by atoms with Crippen LogP contribution in [0, 0.1) is 17.0 Å². The maximum atomic E-state index is 12.1. The first-order chi connectivity index (χ1) is 8.92. The van der Waals surface area contributed by atoms with Gasteiger partial charge in [-0.3, -0.25) is 19.9 Å². The lowest BCUT2D eigenvalue weighted by atomic mass is 10.2. The molecule has 19 heavy (non-hydrogen) atoms. The molecule has 9 heteroatoms. The first-order valence-corrected chi connectivity index (χ1v) is 6.66. The van der Waals surface area contributed by atoms with Crippen LogP contribution in [0.4, 0.5) is 11.5 Å². The van der Waals surface area contributed by atoms with E-state index in [2.05, 4.69) is 14.9 Å². The Morgan fingerprint density at radius 2 is 2.11 bits per heavy atom. The Balaban J connectivity index is 2.47. The molecule has 2 aromatic rings. The number of hydrogen-bond acceptors (Lipinski definition) is 5. The number of benzene rings is 1. The molecular weight excluding hydrogens is 272 g/mol. The molecule has 1 aromatic carbocycles. The van der Waals surface area contributed by atoms with Gasteiger partial charge in [-0.2, -0.15) is 5.10 Å². The molecule has 0 amide bonds. The smallest absolute Gasteiger partial charge is 0.264 e. The van der Waals surface area contributed by atoms with E-state index in [9.17, 15) is 18.5 Å². The quantitative estimate of drug-likeness (QED) is 0.649. The third kappa shape index (κ3) is 2.55. The summed E-state index contributed by atoms with van der Waals surface area (Å²) in [5.41, 5.74) is -0.160. The lowest BCUT2D eigenvalue weighted by molar-refractivity contribution is -0.385. The SMILES string of the molecule is Cc1c([N+](=O)[O-])cccc1S(=O)(=O)Nc1ccn[nH]1. The number of anilines is 1. The van der Waals surface area contributed by atoms with Crippen LogP contribution in [0.2, 0.25) is 0 Å². The highest BCUT2D eigenvalue weighted by atomic mass is 32.2. The third-order valence-corrected chi connectivity index (χ3v) is 4.00. The Kier molecular flexibility index (Phi) is 3.21. The molecule has 0 fully saturated rings. The van der Waals surface area contributed by atoms with E-state index in [4.69, 9.17) is 0 Å². The van der Waals surface area contributed by atoms with Crippen LogP contribution in [0.3, 0.4) is 0 Å². The fourth-order valence-electron chi connectivity index (χ4n) is 1.60. The molecule has 1 aromatic heterocycles. The molecule has 0 spiro atoms. The minimum absolute atomic E-state index is 0.0829. The van der Waals surface area contributed by atoms with Crippen molar-refractivity contribution in [3.8, 4) is 0 Å². The lowest BCUT2D eigenvalue weighted by Crippen LogP contribution is -2.15. The highest BCUT2D eigenvalue weighted by molar-refractivity contribution is 7.92. The van der Waals surface area contributed by atoms with Gasteiger partial charge in [-0.25, -0.2) is 8.42 Å². The van der Waals surface area contributed by atoms with Crippen LogP contribution in [0.1, 0.15) is 5.56 Å². The zero-order chi connectivity index (χ0) is 14.0. The fourth-order valence-corrected chi connectivity index (χ4v) is 2.88. The lowest BCUT2D eigenvalue weighted by Gasteiger charge is -2.08. The number of aromatic nitrogens is 2. The van der Waals surface area contributed by atoms with E-state index >= 15 is 0 Å². The van der Waals surface area contributed by atoms with Crippen LogP contribution in [0.5, 0.6) is 0 Å². The number of aromatic amines is 1. The van der Waals surface area contributed by atoms with Gasteiger partial charge in [-0.15, -0.1) is 0 Å². The average Bonchev–Trinajstić information content (AvgIpc) is 2.80. The summed E-state index contributed by atoms with van der Waals surface area (Å²) in [6.45, 7) is 1.39. The number of H-pyrrole nitrogens is 1. The van der Waals surface area contributed by atoms with Gasteiger partial charge < -0.3 is 0 Å². The van der Waals surface area contributed by atoms with E-state index in [0.29, 0.717) is 0 Å². The van der Waals surface area contributed by atoms with E-state index in [1.165, 1.54) is 37.4 Å². The van der Waals surface area contributed by atoms with Crippen LogP contribution >= 0.6 is 0 Å². The van der Waals surface area contributed by atoms with E-state index in [-0.39, 0.29) is 22.0 Å². The number of nitrogens with one attached hydrogen (secondary N) is 2. The van der Waals surface area contributed by atoms with Crippen molar-refractivity contribution in [2.75, 3.05) is 4.72 Å². The van der Waals surface area contributed by atoms with Crippen LogP contribution in [0.15, 0.2) is 35.4 Å². The number of sulfonamides is 1. The van der Waals surface area contributed by atoms with E-state index in [1.807, 2.05) is 0 Å². The molecule has 8 nitrogen and oxygen atoms in total. The normalized spacial score (nSPS) is 11.2. The molecule has 2 rings (SSSR count). The zero-order valence-electron chi connectivity index (χ0n) is 9.82. The molecule has 100 valence electrons. The van der Waals surface area contributed by atoms with Gasteiger partial charge in [0, 0.05) is 17.7 Å². The molecule has 2 N–H and O–H groups in total. The summed E-state index contributed by atoms with van der Waals surface area (Å²) >= 11 is 0. The Labute approximate surface area is 108 Å². The van der Waals surface area contributed by atoms with Gasteiger partial charge in [-0.1, -0.05) is 6.07 Å². The van der Waals surface area contributed by atoms with E-state index in [0.717, 1.165) is 0 Å². The number of hydrogen-bond donors (Lipinski definition) is 2. The summed E-state index contributed by atoms with van der Waals surface area (Å²) in [6.07, 6.45) is 1.39. The molecule has 0 radical (unpaired) electrons. The highest BCUT2D eigenvalue weighted by Gasteiger charge is 2.23. The number of nitro benzene ring substituents is 1. The second-order valence-corrected chi connectivity index (χ2v) is 5.38. The van der Waals surface area contributed by atoms with E-state index in [1.54, 1.807) is 0 Å². The maximum absolute atomic E-state index is 12.1. The van der Waals surface area contributed by atoms with E-state index < -0.39 is 14.9 Å². The Bertz CT molecular complexity index is 709. The van der Waals surface area contributed by atoms with Gasteiger partial charge in [0.1, 0.15) is 5.82 Å². The summed E-state index contributed by atoms with van der Waals surface area (Å²) in [5, 5.41) is 16.8. The first-order valence-electron chi connectivity index (χ1n) is 5.18. The second-order valence-electron chi connectivity index (χ2n) is 3.73. The Hall–Kier alpha value is -2.42. The summed E-state index contributed by atoms with van der Waals surface area (Å²) in [7, 11) is -3.90. The van der Waals surface area contributed by atoms with Gasteiger partial charge in [0.25, 0.3) is 15.7 Å². The molecular formula is C10H10N4O4S. The van der Waals surface area contributed by atoms with Crippen molar-refractivity contribution in [1.29, 1.82) is 0 Å². The van der Waals surface area contributed by atoms with Crippen molar-refractivity contribution >= 4 is 21.5 Å². The molecule has 0 aliphatic rings. The summed E-state index contributed by atoms with van der Waals surface area (Å²) < 4.78 is 26.5. The van der Waals surface area contributed by atoms with Gasteiger partial charge in [0.2, 0.25) is 0 Å². The average molecular weight is 282 g/mol. The van der Waals surface area contributed by atoms with Crippen molar-refractivity contribution in [1.82, 2.24) is 10.2 Å². The molecule has 0 saturated heterocycles. The largest absolute Gasteiger partial charge is 0.273 e. The van der Waals surface area contributed by atoms with Gasteiger partial charge in [-0.05, 0) is 13.0 Å². The summed E-state index contributed by atoms with van der Waals surface area (Å²) in [4.78, 5) is 10.0. The predicted octanol–water partition coefficient (Wildman–Crippen LogP) is 1.43. The van der Waals surface area contributed by atoms with Gasteiger partial charge in [0.15, 0.2) is 0 Å². The van der Waals surface area contributed by atoms with Crippen LogP contribution in [-0.2, 0) is 10.0 Å².